The van der Waals surface area contributed by atoms with Crippen molar-refractivity contribution in [2.24, 2.45) is 0 Å². The quantitative estimate of drug-likeness (QED) is 0.760. The predicted molar refractivity (Wildman–Crippen MR) is 60.6 cm³/mol. The fourth-order valence-corrected chi connectivity index (χ4v) is 1.81. The molecule has 3 nitrogen and oxygen atoms in total. The number of hydrogen-bond donors (Lipinski definition) is 2. The number of aliphatic hydroxyl groups is 1. The van der Waals surface area contributed by atoms with E-state index in [4.69, 9.17) is 4.42 Å². The Kier molecular flexibility index (Phi) is 4.85. The molecule has 1 rings (SSSR count). The first-order valence-electron chi connectivity index (χ1n) is 5.61. The van der Waals surface area contributed by atoms with E-state index in [0.717, 1.165) is 18.6 Å². The Morgan fingerprint density at radius 3 is 2.67 bits per heavy atom. The lowest BCUT2D eigenvalue weighted by Gasteiger charge is -2.21. The van der Waals surface area contributed by atoms with Crippen LogP contribution in [0.5, 0.6) is 0 Å². The molecule has 0 saturated heterocycles. The van der Waals surface area contributed by atoms with Gasteiger partial charge in [-0.2, -0.15) is 0 Å². The number of hydrogen-bond acceptors (Lipinski definition) is 3. The number of furan rings is 1. The minimum absolute atomic E-state index is 0.244. The van der Waals surface area contributed by atoms with Crippen molar-refractivity contribution in [2.75, 3.05) is 0 Å². The molecule has 0 fully saturated rings. The highest BCUT2D eigenvalue weighted by Crippen LogP contribution is 2.18. The first-order chi connectivity index (χ1) is 7.13. The van der Waals surface area contributed by atoms with Gasteiger partial charge in [0.25, 0.3) is 0 Å². The summed E-state index contributed by atoms with van der Waals surface area (Å²) < 4.78 is 5.37. The molecule has 0 aliphatic carbocycles. The summed E-state index contributed by atoms with van der Waals surface area (Å²) in [5.41, 5.74) is 0. The van der Waals surface area contributed by atoms with Crippen LogP contribution in [-0.2, 0) is 0 Å². The van der Waals surface area contributed by atoms with Gasteiger partial charge in [-0.1, -0.05) is 6.92 Å². The van der Waals surface area contributed by atoms with Gasteiger partial charge in [0, 0.05) is 6.04 Å². The van der Waals surface area contributed by atoms with Gasteiger partial charge in [-0.05, 0) is 38.8 Å². The zero-order valence-corrected chi connectivity index (χ0v) is 9.73. The molecule has 0 aliphatic heterocycles. The van der Waals surface area contributed by atoms with Crippen LogP contribution in [0, 0.1) is 0 Å². The number of rotatable bonds is 6. The molecule has 1 heterocycles. The van der Waals surface area contributed by atoms with Gasteiger partial charge in [-0.15, -0.1) is 0 Å². The molecule has 15 heavy (non-hydrogen) atoms. The second-order valence-corrected chi connectivity index (χ2v) is 4.13. The molecule has 0 bridgehead atoms. The maximum atomic E-state index is 9.28. The second-order valence-electron chi connectivity index (χ2n) is 4.13. The van der Waals surface area contributed by atoms with Gasteiger partial charge in [0.2, 0.25) is 0 Å². The van der Waals surface area contributed by atoms with Crippen LogP contribution >= 0.6 is 0 Å². The summed E-state index contributed by atoms with van der Waals surface area (Å²) in [4.78, 5) is 0. The molecule has 2 N–H and O–H groups in total. The average Bonchev–Trinajstić information content (AvgIpc) is 2.65. The van der Waals surface area contributed by atoms with Crippen molar-refractivity contribution in [1.29, 1.82) is 0 Å². The monoisotopic (exact) mass is 211 g/mol. The molecule has 0 spiro atoms. The SMILES string of the molecule is CCC(NC(C)CC(C)O)c1ccco1. The maximum absolute atomic E-state index is 9.28. The highest BCUT2D eigenvalue weighted by Gasteiger charge is 2.15. The first-order valence-corrected chi connectivity index (χ1v) is 5.61. The summed E-state index contributed by atoms with van der Waals surface area (Å²) in [6, 6.07) is 4.42. The highest BCUT2D eigenvalue weighted by molar-refractivity contribution is 5.04. The fraction of sp³-hybridized carbons (Fsp3) is 0.667. The van der Waals surface area contributed by atoms with Gasteiger partial charge in [0.1, 0.15) is 5.76 Å². The van der Waals surface area contributed by atoms with Crippen molar-refractivity contribution in [1.82, 2.24) is 5.32 Å². The van der Waals surface area contributed by atoms with Crippen molar-refractivity contribution in [3.8, 4) is 0 Å². The van der Waals surface area contributed by atoms with Crippen molar-refractivity contribution in [2.45, 2.75) is 51.8 Å². The summed E-state index contributed by atoms with van der Waals surface area (Å²) in [5, 5.41) is 12.7. The molecule has 1 aromatic rings. The number of aliphatic hydroxyl groups excluding tert-OH is 1. The van der Waals surface area contributed by atoms with Crippen LogP contribution in [0.25, 0.3) is 0 Å². The molecule has 0 saturated carbocycles. The Morgan fingerprint density at radius 2 is 2.20 bits per heavy atom. The zero-order chi connectivity index (χ0) is 11.3. The van der Waals surface area contributed by atoms with Crippen LogP contribution in [-0.4, -0.2) is 17.3 Å². The van der Waals surface area contributed by atoms with E-state index in [2.05, 4.69) is 19.2 Å². The van der Waals surface area contributed by atoms with Crippen molar-refractivity contribution >= 4 is 0 Å². The summed E-state index contributed by atoms with van der Waals surface area (Å²) >= 11 is 0. The Morgan fingerprint density at radius 1 is 1.47 bits per heavy atom. The van der Waals surface area contributed by atoms with E-state index in [1.807, 2.05) is 19.1 Å². The zero-order valence-electron chi connectivity index (χ0n) is 9.73. The summed E-state index contributed by atoms with van der Waals surface area (Å²) in [5.74, 6) is 0.968. The number of nitrogens with one attached hydrogen (secondary N) is 1. The molecule has 1 aromatic heterocycles. The maximum Gasteiger partial charge on any atom is 0.120 e. The molecular weight excluding hydrogens is 190 g/mol. The Balaban J connectivity index is 2.47. The van der Waals surface area contributed by atoms with E-state index in [0.29, 0.717) is 6.04 Å². The third kappa shape index (κ3) is 4.06. The fourth-order valence-electron chi connectivity index (χ4n) is 1.81. The van der Waals surface area contributed by atoms with Crippen LogP contribution in [0.15, 0.2) is 22.8 Å². The Bertz CT molecular complexity index is 257. The van der Waals surface area contributed by atoms with Crippen molar-refractivity contribution in [3.63, 3.8) is 0 Å². The topological polar surface area (TPSA) is 45.4 Å². The smallest absolute Gasteiger partial charge is 0.120 e. The molecule has 0 aliphatic rings. The largest absolute Gasteiger partial charge is 0.468 e. The van der Waals surface area contributed by atoms with Gasteiger partial charge in [-0.3, -0.25) is 0 Å². The van der Waals surface area contributed by atoms with E-state index in [1.165, 1.54) is 0 Å². The van der Waals surface area contributed by atoms with E-state index >= 15 is 0 Å². The van der Waals surface area contributed by atoms with Gasteiger partial charge in [0.05, 0.1) is 18.4 Å². The van der Waals surface area contributed by atoms with Crippen molar-refractivity contribution in [3.05, 3.63) is 24.2 Å². The summed E-state index contributed by atoms with van der Waals surface area (Å²) in [7, 11) is 0. The third-order valence-electron chi connectivity index (χ3n) is 2.48. The minimum Gasteiger partial charge on any atom is -0.468 e. The minimum atomic E-state index is -0.262. The van der Waals surface area contributed by atoms with Crippen LogP contribution in [0.2, 0.25) is 0 Å². The molecule has 0 aromatic carbocycles. The average molecular weight is 211 g/mol. The highest BCUT2D eigenvalue weighted by atomic mass is 16.3. The normalized spacial score (nSPS) is 17.3. The van der Waals surface area contributed by atoms with Crippen LogP contribution < -0.4 is 5.32 Å². The van der Waals surface area contributed by atoms with Gasteiger partial charge < -0.3 is 14.8 Å². The lowest BCUT2D eigenvalue weighted by atomic mass is 10.1. The van der Waals surface area contributed by atoms with Crippen LogP contribution in [0.1, 0.15) is 45.4 Å². The van der Waals surface area contributed by atoms with Gasteiger partial charge >= 0.3 is 0 Å². The van der Waals surface area contributed by atoms with E-state index in [9.17, 15) is 5.11 Å². The first kappa shape index (κ1) is 12.3. The molecule has 3 atom stereocenters. The van der Waals surface area contributed by atoms with Crippen molar-refractivity contribution < 1.29 is 9.52 Å². The van der Waals surface area contributed by atoms with E-state index < -0.39 is 0 Å². The second kappa shape index (κ2) is 5.93. The standard InChI is InChI=1S/C12H21NO2/c1-4-11(12-6-5-7-15-12)13-9(2)8-10(3)14/h5-7,9-11,13-14H,4,8H2,1-3H3. The predicted octanol–water partition coefficient (Wildman–Crippen LogP) is 2.48. The van der Waals surface area contributed by atoms with Gasteiger partial charge in [0.15, 0.2) is 0 Å². The van der Waals surface area contributed by atoms with E-state index in [1.54, 1.807) is 6.26 Å². The van der Waals surface area contributed by atoms with Crippen LogP contribution in [0.3, 0.4) is 0 Å². The summed E-state index contributed by atoms with van der Waals surface area (Å²) in [6.07, 6.45) is 3.18. The molecular formula is C12H21NO2. The van der Waals surface area contributed by atoms with Crippen LogP contribution in [0.4, 0.5) is 0 Å². The Hall–Kier alpha value is -0.800. The Labute approximate surface area is 91.5 Å². The molecule has 86 valence electrons. The lowest BCUT2D eigenvalue weighted by molar-refractivity contribution is 0.166. The molecule has 0 radical (unpaired) electrons. The molecule has 3 unspecified atom stereocenters. The lowest BCUT2D eigenvalue weighted by Crippen LogP contribution is -2.32. The molecule has 0 amide bonds. The third-order valence-corrected chi connectivity index (χ3v) is 2.48. The summed E-state index contributed by atoms with van der Waals surface area (Å²) in [6.45, 7) is 6.01. The molecule has 3 heteroatoms. The van der Waals surface area contributed by atoms with E-state index in [-0.39, 0.29) is 12.1 Å². The van der Waals surface area contributed by atoms with Gasteiger partial charge in [-0.25, -0.2) is 0 Å².